The van der Waals surface area contributed by atoms with Gasteiger partial charge in [0.25, 0.3) is 0 Å². The van der Waals surface area contributed by atoms with E-state index in [1.165, 1.54) is 6.07 Å². The lowest BCUT2D eigenvalue weighted by Crippen LogP contribution is -2.21. The fourth-order valence-corrected chi connectivity index (χ4v) is 2.21. The molecule has 0 aliphatic heterocycles. The molecule has 0 bridgehead atoms. The SMILES string of the molecule is [2H]c1c([2H])c(C(=O)Oc2ccc3cc(C(=N)N)ccc3c2)c([2H])c([2H])c1N=C(N)N. The van der Waals surface area contributed by atoms with Gasteiger partial charge in [-0.2, -0.15) is 0 Å². The molecule has 0 unspecified atom stereocenters. The zero-order valence-corrected chi connectivity index (χ0v) is 13.5. The third-order valence-corrected chi connectivity index (χ3v) is 3.39. The molecular weight excluding hydrogens is 330 g/mol. The summed E-state index contributed by atoms with van der Waals surface area (Å²) in [6.45, 7) is 0. The molecule has 0 amide bonds. The van der Waals surface area contributed by atoms with Gasteiger partial charge in [0.2, 0.25) is 0 Å². The van der Waals surface area contributed by atoms with E-state index in [1.807, 2.05) is 0 Å². The topological polar surface area (TPSA) is 141 Å². The summed E-state index contributed by atoms with van der Waals surface area (Å²) in [6, 6.07) is 7.47. The van der Waals surface area contributed by atoms with Gasteiger partial charge in [0.1, 0.15) is 11.6 Å². The highest BCUT2D eigenvalue weighted by Gasteiger charge is 2.09. The third-order valence-electron chi connectivity index (χ3n) is 3.39. The number of hydrogen-bond acceptors (Lipinski definition) is 4. The fraction of sp³-hybridized carbons (Fsp3) is 0. The molecule has 0 aliphatic rings. The van der Waals surface area contributed by atoms with Crippen LogP contribution in [0.3, 0.4) is 0 Å². The van der Waals surface area contributed by atoms with Crippen molar-refractivity contribution in [2.24, 2.45) is 22.2 Å². The second-order valence-electron chi connectivity index (χ2n) is 5.29. The monoisotopic (exact) mass is 351 g/mol. The first-order chi connectivity index (χ1) is 14.1. The van der Waals surface area contributed by atoms with Crippen molar-refractivity contribution >= 4 is 34.2 Å². The van der Waals surface area contributed by atoms with Crippen LogP contribution in [0.4, 0.5) is 5.69 Å². The van der Waals surface area contributed by atoms with Gasteiger partial charge in [-0.25, -0.2) is 9.79 Å². The van der Waals surface area contributed by atoms with Gasteiger partial charge >= 0.3 is 5.97 Å². The van der Waals surface area contributed by atoms with Gasteiger partial charge in [0, 0.05) is 5.56 Å². The van der Waals surface area contributed by atoms with E-state index in [1.54, 1.807) is 30.3 Å². The van der Waals surface area contributed by atoms with Crippen LogP contribution in [0.1, 0.15) is 21.4 Å². The normalized spacial score (nSPS) is 12.5. The number of carbonyl (C=O) groups excluding carboxylic acids is 1. The molecule has 0 saturated heterocycles. The van der Waals surface area contributed by atoms with E-state index in [0.717, 1.165) is 5.39 Å². The Kier molecular flexibility index (Phi) is 3.33. The molecule has 0 fully saturated rings. The predicted molar refractivity (Wildman–Crippen MR) is 102 cm³/mol. The second-order valence-corrected chi connectivity index (χ2v) is 5.29. The van der Waals surface area contributed by atoms with E-state index < -0.39 is 41.7 Å². The largest absolute Gasteiger partial charge is 0.423 e. The number of rotatable bonds is 4. The van der Waals surface area contributed by atoms with Gasteiger partial charge in [0.05, 0.1) is 16.7 Å². The van der Waals surface area contributed by atoms with Crippen molar-refractivity contribution in [3.05, 3.63) is 71.7 Å². The van der Waals surface area contributed by atoms with Crippen LogP contribution in [0.2, 0.25) is 0 Å². The van der Waals surface area contributed by atoms with Crippen molar-refractivity contribution in [3.63, 3.8) is 0 Å². The molecule has 0 aliphatic carbocycles. The number of aliphatic imine (C=N–C) groups is 1. The quantitative estimate of drug-likeness (QED) is 0.247. The molecule has 0 heterocycles. The molecule has 0 radical (unpaired) electrons. The van der Waals surface area contributed by atoms with Gasteiger partial charge in [-0.05, 0) is 53.1 Å². The number of esters is 1. The Balaban J connectivity index is 1.99. The lowest BCUT2D eigenvalue weighted by molar-refractivity contribution is 0.0735. The first kappa shape index (κ1) is 12.5. The van der Waals surface area contributed by atoms with Crippen molar-refractivity contribution in [3.8, 4) is 5.75 Å². The maximum Gasteiger partial charge on any atom is 0.343 e. The molecule has 0 saturated carbocycles. The van der Waals surface area contributed by atoms with E-state index >= 15 is 0 Å². The third kappa shape index (κ3) is 3.78. The van der Waals surface area contributed by atoms with Crippen LogP contribution in [-0.4, -0.2) is 17.8 Å². The van der Waals surface area contributed by atoms with Crippen LogP contribution in [0, 0.1) is 5.41 Å². The minimum Gasteiger partial charge on any atom is -0.423 e. The van der Waals surface area contributed by atoms with Gasteiger partial charge in [-0.15, -0.1) is 0 Å². The molecule has 3 aromatic carbocycles. The fourth-order valence-electron chi connectivity index (χ4n) is 2.21. The summed E-state index contributed by atoms with van der Waals surface area (Å²) in [5.74, 6) is -1.41. The number of nitrogens with zero attached hydrogens (tertiary/aromatic N) is 1. The number of amidine groups is 1. The van der Waals surface area contributed by atoms with Gasteiger partial charge in [-0.3, -0.25) is 5.41 Å². The highest BCUT2D eigenvalue weighted by atomic mass is 16.5. The summed E-state index contributed by atoms with van der Waals surface area (Å²) < 4.78 is 37.3. The summed E-state index contributed by atoms with van der Waals surface area (Å²) in [7, 11) is 0. The number of nitrogens with two attached hydrogens (primary N) is 3. The summed E-state index contributed by atoms with van der Waals surface area (Å²) in [5, 5.41) is 8.98. The Hall–Kier alpha value is -3.87. The van der Waals surface area contributed by atoms with Crippen LogP contribution in [0.25, 0.3) is 10.8 Å². The zero-order chi connectivity index (χ0) is 22.2. The summed E-state index contributed by atoms with van der Waals surface area (Å²) in [4.78, 5) is 16.2. The average Bonchev–Trinajstić information content (AvgIpc) is 2.69. The van der Waals surface area contributed by atoms with Crippen LogP contribution in [0.15, 0.2) is 65.6 Å². The van der Waals surface area contributed by atoms with Gasteiger partial charge < -0.3 is 21.9 Å². The van der Waals surface area contributed by atoms with Gasteiger partial charge in [0.15, 0.2) is 5.96 Å². The number of ether oxygens (including phenoxy) is 1. The lowest BCUT2D eigenvalue weighted by atomic mass is 10.1. The molecule has 3 aromatic rings. The summed E-state index contributed by atoms with van der Waals surface area (Å²) in [6.07, 6.45) is 0. The Morgan fingerprint density at radius 3 is 2.27 bits per heavy atom. The Labute approximate surface area is 155 Å². The first-order valence-corrected chi connectivity index (χ1v) is 7.40. The molecule has 7 heteroatoms. The highest BCUT2D eigenvalue weighted by Crippen LogP contribution is 2.23. The molecule has 26 heavy (non-hydrogen) atoms. The van der Waals surface area contributed by atoms with Gasteiger partial charge in [-0.1, -0.05) is 18.2 Å². The van der Waals surface area contributed by atoms with Crippen molar-refractivity contribution < 1.29 is 15.0 Å². The molecule has 3 rings (SSSR count). The number of nitrogen functional groups attached to an aromatic ring is 1. The highest BCUT2D eigenvalue weighted by molar-refractivity contribution is 5.99. The van der Waals surface area contributed by atoms with E-state index in [4.69, 9.17) is 32.8 Å². The number of fused-ring (bicyclic) bond motifs is 1. The number of carbonyl (C=O) groups is 1. The van der Waals surface area contributed by atoms with E-state index in [9.17, 15) is 4.79 Å². The number of benzene rings is 3. The van der Waals surface area contributed by atoms with E-state index in [0.29, 0.717) is 10.9 Å². The van der Waals surface area contributed by atoms with Crippen LogP contribution in [0.5, 0.6) is 5.75 Å². The number of guanidine groups is 1. The maximum atomic E-state index is 12.6. The van der Waals surface area contributed by atoms with Crippen molar-refractivity contribution in [2.75, 3.05) is 0 Å². The molecule has 130 valence electrons. The maximum absolute atomic E-state index is 12.6. The number of nitrogens with one attached hydrogen (secondary N) is 1. The minimum atomic E-state index is -1.05. The second kappa shape index (κ2) is 6.94. The summed E-state index contributed by atoms with van der Waals surface area (Å²) >= 11 is 0. The van der Waals surface area contributed by atoms with Crippen LogP contribution < -0.4 is 21.9 Å². The first-order valence-electron chi connectivity index (χ1n) is 9.40. The van der Waals surface area contributed by atoms with E-state index in [2.05, 4.69) is 4.99 Å². The molecule has 7 N–H and O–H groups in total. The van der Waals surface area contributed by atoms with Crippen LogP contribution >= 0.6 is 0 Å². The molecule has 0 spiro atoms. The Morgan fingerprint density at radius 1 is 0.962 bits per heavy atom. The number of hydrogen-bond donors (Lipinski definition) is 4. The molecule has 0 atom stereocenters. The van der Waals surface area contributed by atoms with E-state index in [-0.39, 0.29) is 17.3 Å². The average molecular weight is 351 g/mol. The van der Waals surface area contributed by atoms with Crippen molar-refractivity contribution in [2.45, 2.75) is 0 Å². The zero-order valence-electron chi connectivity index (χ0n) is 17.5. The molecule has 0 aromatic heterocycles. The smallest absolute Gasteiger partial charge is 0.343 e. The lowest BCUT2D eigenvalue weighted by Gasteiger charge is -2.07. The summed E-state index contributed by atoms with van der Waals surface area (Å²) in [5.41, 5.74) is 15.7. The van der Waals surface area contributed by atoms with Crippen molar-refractivity contribution in [1.29, 1.82) is 5.41 Å². The van der Waals surface area contributed by atoms with Crippen molar-refractivity contribution in [1.82, 2.24) is 0 Å². The Bertz CT molecular complexity index is 1210. The van der Waals surface area contributed by atoms with Crippen LogP contribution in [-0.2, 0) is 0 Å². The predicted octanol–water partition coefficient (Wildman–Crippen LogP) is 2.25. The standard InChI is InChI=1S/C19H17N5O2/c20-17(21)14-2-1-13-10-16(8-5-12(13)9-14)26-18(25)11-3-6-15(7-4-11)24-19(22)23/h1-10H,(H3,20,21)(H4,22,23,24)/i3D,4D,6D,7D. The Morgan fingerprint density at radius 2 is 1.62 bits per heavy atom. The minimum absolute atomic E-state index is 0.0695. The molecular formula is C19H17N5O2. The molecule has 7 nitrogen and oxygen atoms in total.